The van der Waals surface area contributed by atoms with Crippen molar-refractivity contribution in [1.82, 2.24) is 4.72 Å². The molecule has 0 aliphatic carbocycles. The number of rotatable bonds is 4. The molecule has 0 aliphatic heterocycles. The van der Waals surface area contributed by atoms with E-state index >= 15 is 0 Å². The Morgan fingerprint density at radius 1 is 1.39 bits per heavy atom. The second-order valence-electron chi connectivity index (χ2n) is 3.64. The molecule has 0 amide bonds. The van der Waals surface area contributed by atoms with Crippen molar-refractivity contribution in [2.45, 2.75) is 13.8 Å². The molecule has 6 heteroatoms. The molecule has 0 fully saturated rings. The van der Waals surface area contributed by atoms with Crippen LogP contribution in [0.15, 0.2) is 18.2 Å². The third-order valence-corrected chi connectivity index (χ3v) is 3.31. The molecule has 4 N–H and O–H groups in total. The molecular formula is C12H17N3O2S. The van der Waals surface area contributed by atoms with E-state index in [1.54, 1.807) is 25.1 Å². The molecule has 0 saturated carbocycles. The summed E-state index contributed by atoms with van der Waals surface area (Å²) in [5.74, 6) is 5.68. The van der Waals surface area contributed by atoms with Gasteiger partial charge < -0.3 is 5.73 Å². The van der Waals surface area contributed by atoms with Gasteiger partial charge in [-0.3, -0.25) is 4.72 Å². The van der Waals surface area contributed by atoms with E-state index < -0.39 is 10.2 Å². The van der Waals surface area contributed by atoms with Gasteiger partial charge in [0.05, 0.1) is 12.2 Å². The zero-order chi connectivity index (χ0) is 13.6. The summed E-state index contributed by atoms with van der Waals surface area (Å²) in [5, 5.41) is 0. The summed E-state index contributed by atoms with van der Waals surface area (Å²) < 4.78 is 27.8. The van der Waals surface area contributed by atoms with E-state index in [0.29, 0.717) is 18.8 Å². The van der Waals surface area contributed by atoms with Crippen LogP contribution in [0.25, 0.3) is 0 Å². The second kappa shape index (κ2) is 6.40. The van der Waals surface area contributed by atoms with Gasteiger partial charge in [0.25, 0.3) is 10.2 Å². The Hall–Kier alpha value is -1.55. The van der Waals surface area contributed by atoms with Crippen molar-refractivity contribution in [2.24, 2.45) is 5.73 Å². The largest absolute Gasteiger partial charge is 0.320 e. The fraction of sp³-hybridized carbons (Fsp3) is 0.333. The average Bonchev–Trinajstić information content (AvgIpc) is 2.27. The van der Waals surface area contributed by atoms with E-state index in [1.807, 2.05) is 6.92 Å². The minimum absolute atomic E-state index is 0.300. The topological polar surface area (TPSA) is 84.2 Å². The highest BCUT2D eigenvalue weighted by atomic mass is 32.2. The summed E-state index contributed by atoms with van der Waals surface area (Å²) in [6, 6.07) is 5.17. The van der Waals surface area contributed by atoms with Gasteiger partial charge in [-0.25, -0.2) is 0 Å². The van der Waals surface area contributed by atoms with Crippen molar-refractivity contribution in [3.8, 4) is 11.8 Å². The van der Waals surface area contributed by atoms with Gasteiger partial charge in [-0.15, -0.1) is 0 Å². The summed E-state index contributed by atoms with van der Waals surface area (Å²) in [5.41, 5.74) is 7.54. The van der Waals surface area contributed by atoms with Gasteiger partial charge in [0.15, 0.2) is 0 Å². The summed E-state index contributed by atoms with van der Waals surface area (Å²) in [6.45, 7) is 4.23. The molecular weight excluding hydrogens is 250 g/mol. The molecule has 18 heavy (non-hydrogen) atoms. The smallest absolute Gasteiger partial charge is 0.299 e. The molecule has 1 aromatic rings. The Labute approximate surface area is 108 Å². The third-order valence-electron chi connectivity index (χ3n) is 2.14. The summed E-state index contributed by atoms with van der Waals surface area (Å²) >= 11 is 0. The molecule has 0 radical (unpaired) electrons. The first-order valence-electron chi connectivity index (χ1n) is 5.55. The standard InChI is InChI=1S/C12H17N3O2S/c1-3-14-18(16,17)15-12-7-6-11(5-4-8-13)10(2)9-12/h6-7,9,14-15H,3,8,13H2,1-2H3. The summed E-state index contributed by atoms with van der Waals surface area (Å²) in [7, 11) is -3.49. The predicted molar refractivity (Wildman–Crippen MR) is 73.3 cm³/mol. The van der Waals surface area contributed by atoms with Gasteiger partial charge in [-0.05, 0) is 30.7 Å². The Morgan fingerprint density at radius 3 is 2.67 bits per heavy atom. The third kappa shape index (κ3) is 4.37. The Kier molecular flexibility index (Phi) is 5.16. The number of aryl methyl sites for hydroxylation is 1. The normalized spacial score (nSPS) is 10.6. The molecule has 0 bridgehead atoms. The van der Waals surface area contributed by atoms with Gasteiger partial charge in [-0.1, -0.05) is 18.8 Å². The quantitative estimate of drug-likeness (QED) is 0.697. The molecule has 0 atom stereocenters. The Morgan fingerprint density at radius 2 is 2.11 bits per heavy atom. The minimum atomic E-state index is -3.49. The van der Waals surface area contributed by atoms with Crippen LogP contribution in [-0.4, -0.2) is 21.5 Å². The zero-order valence-electron chi connectivity index (χ0n) is 10.4. The maximum absolute atomic E-state index is 11.5. The van der Waals surface area contributed by atoms with Crippen LogP contribution in [0.5, 0.6) is 0 Å². The molecule has 0 aliphatic rings. The van der Waals surface area contributed by atoms with Crippen molar-refractivity contribution in [1.29, 1.82) is 0 Å². The van der Waals surface area contributed by atoms with E-state index in [2.05, 4.69) is 21.3 Å². The molecule has 0 aromatic heterocycles. The number of nitrogens with two attached hydrogens (primary N) is 1. The number of hydrogen-bond acceptors (Lipinski definition) is 3. The fourth-order valence-corrected chi connectivity index (χ4v) is 2.28. The Bertz CT molecular complexity index is 571. The monoisotopic (exact) mass is 267 g/mol. The van der Waals surface area contributed by atoms with Crippen molar-refractivity contribution < 1.29 is 8.42 Å². The Balaban J connectivity index is 2.92. The van der Waals surface area contributed by atoms with Crippen LogP contribution >= 0.6 is 0 Å². The maximum Gasteiger partial charge on any atom is 0.299 e. The zero-order valence-corrected chi connectivity index (χ0v) is 11.3. The van der Waals surface area contributed by atoms with Gasteiger partial charge in [-0.2, -0.15) is 13.1 Å². The second-order valence-corrected chi connectivity index (χ2v) is 5.14. The van der Waals surface area contributed by atoms with Crippen molar-refractivity contribution in [3.05, 3.63) is 29.3 Å². The van der Waals surface area contributed by atoms with E-state index in [-0.39, 0.29) is 0 Å². The number of hydrogen-bond donors (Lipinski definition) is 3. The lowest BCUT2D eigenvalue weighted by Crippen LogP contribution is -2.29. The average molecular weight is 267 g/mol. The highest BCUT2D eigenvalue weighted by Gasteiger charge is 2.08. The molecule has 0 spiro atoms. The van der Waals surface area contributed by atoms with Gasteiger partial charge >= 0.3 is 0 Å². The van der Waals surface area contributed by atoms with Crippen LogP contribution in [-0.2, 0) is 10.2 Å². The molecule has 0 saturated heterocycles. The summed E-state index contributed by atoms with van der Waals surface area (Å²) in [6.07, 6.45) is 0. The minimum Gasteiger partial charge on any atom is -0.320 e. The molecule has 0 unspecified atom stereocenters. The first-order valence-corrected chi connectivity index (χ1v) is 7.04. The van der Waals surface area contributed by atoms with Crippen molar-refractivity contribution in [2.75, 3.05) is 17.8 Å². The van der Waals surface area contributed by atoms with Crippen molar-refractivity contribution >= 4 is 15.9 Å². The lowest BCUT2D eigenvalue weighted by molar-refractivity contribution is 0.589. The molecule has 1 aromatic carbocycles. The van der Waals surface area contributed by atoms with E-state index in [9.17, 15) is 8.42 Å². The maximum atomic E-state index is 11.5. The summed E-state index contributed by atoms with van der Waals surface area (Å²) in [4.78, 5) is 0. The predicted octanol–water partition coefficient (Wildman–Crippen LogP) is 0.571. The SMILES string of the molecule is CCNS(=O)(=O)Nc1ccc(C#CCN)c(C)c1. The lowest BCUT2D eigenvalue weighted by Gasteiger charge is -2.09. The van der Waals surface area contributed by atoms with Crippen LogP contribution in [0.3, 0.4) is 0 Å². The number of benzene rings is 1. The fourth-order valence-electron chi connectivity index (χ4n) is 1.39. The van der Waals surface area contributed by atoms with Crippen LogP contribution in [0, 0.1) is 18.8 Å². The highest BCUT2D eigenvalue weighted by molar-refractivity contribution is 7.90. The highest BCUT2D eigenvalue weighted by Crippen LogP contribution is 2.15. The van der Waals surface area contributed by atoms with E-state index in [4.69, 9.17) is 5.73 Å². The van der Waals surface area contributed by atoms with Gasteiger partial charge in [0.2, 0.25) is 0 Å². The van der Waals surface area contributed by atoms with Gasteiger partial charge in [0.1, 0.15) is 0 Å². The van der Waals surface area contributed by atoms with Crippen LogP contribution in [0.4, 0.5) is 5.69 Å². The van der Waals surface area contributed by atoms with Crippen LogP contribution < -0.4 is 15.2 Å². The van der Waals surface area contributed by atoms with Crippen molar-refractivity contribution in [3.63, 3.8) is 0 Å². The van der Waals surface area contributed by atoms with E-state index in [0.717, 1.165) is 11.1 Å². The molecule has 0 heterocycles. The van der Waals surface area contributed by atoms with E-state index in [1.165, 1.54) is 0 Å². The molecule has 5 nitrogen and oxygen atoms in total. The first kappa shape index (κ1) is 14.5. The molecule has 1 rings (SSSR count). The van der Waals surface area contributed by atoms with Crippen LogP contribution in [0.1, 0.15) is 18.1 Å². The number of anilines is 1. The lowest BCUT2D eigenvalue weighted by atomic mass is 10.1. The van der Waals surface area contributed by atoms with Gasteiger partial charge in [0, 0.05) is 12.1 Å². The number of nitrogens with one attached hydrogen (secondary N) is 2. The van der Waals surface area contributed by atoms with Crippen LogP contribution in [0.2, 0.25) is 0 Å². The first-order chi connectivity index (χ1) is 8.48. The molecule has 98 valence electrons.